The Hall–Kier alpha value is -2.99. The maximum Gasteiger partial charge on any atom is 0.266 e. The molecular formula is C29H39N3O3. The Bertz CT molecular complexity index is 1180. The van der Waals surface area contributed by atoms with Crippen LogP contribution in [-0.4, -0.2) is 40.6 Å². The average Bonchev–Trinajstić information content (AvgIpc) is 2.81. The second-order valence-corrected chi connectivity index (χ2v) is 10.5. The van der Waals surface area contributed by atoms with Gasteiger partial charge in [-0.1, -0.05) is 65.0 Å². The van der Waals surface area contributed by atoms with Crippen LogP contribution in [0.25, 0.3) is 16.6 Å². The number of rotatable bonds is 10. The van der Waals surface area contributed by atoms with Crippen LogP contribution >= 0.6 is 0 Å². The Balaban J connectivity index is 2.12. The second kappa shape index (κ2) is 11.6. The maximum absolute atomic E-state index is 13.7. The number of amides is 1. The molecule has 0 saturated heterocycles. The number of fused-ring (bicyclic) bond motifs is 1. The summed E-state index contributed by atoms with van der Waals surface area (Å²) < 4.78 is 7.03. The summed E-state index contributed by atoms with van der Waals surface area (Å²) in [4.78, 5) is 34.2. The number of carbonyl (C=O) groups excluding carboxylic acids is 1. The van der Waals surface area contributed by atoms with Crippen LogP contribution < -0.4 is 5.56 Å². The van der Waals surface area contributed by atoms with Crippen LogP contribution in [0, 0.1) is 11.3 Å². The number of hydrogen-bond donors (Lipinski definition) is 0. The van der Waals surface area contributed by atoms with E-state index >= 15 is 0 Å². The van der Waals surface area contributed by atoms with E-state index in [9.17, 15) is 9.59 Å². The zero-order valence-electron chi connectivity index (χ0n) is 22.0. The molecule has 0 aliphatic carbocycles. The van der Waals surface area contributed by atoms with E-state index in [1.165, 1.54) is 0 Å². The van der Waals surface area contributed by atoms with E-state index in [1.54, 1.807) is 17.7 Å². The molecule has 1 amide bonds. The number of benzene rings is 2. The van der Waals surface area contributed by atoms with E-state index in [0.717, 1.165) is 12.1 Å². The van der Waals surface area contributed by atoms with Crippen LogP contribution in [0.5, 0.6) is 0 Å². The van der Waals surface area contributed by atoms with E-state index in [1.807, 2.05) is 60.4 Å². The van der Waals surface area contributed by atoms with Gasteiger partial charge in [-0.2, -0.15) is 0 Å². The quantitative estimate of drug-likeness (QED) is 0.372. The molecule has 2 atom stereocenters. The average molecular weight is 478 g/mol. The molecule has 3 aromatic rings. The Kier molecular flexibility index (Phi) is 8.84. The highest BCUT2D eigenvalue weighted by atomic mass is 16.5. The predicted octanol–water partition coefficient (Wildman–Crippen LogP) is 5.77. The molecule has 0 aliphatic heterocycles. The summed E-state index contributed by atoms with van der Waals surface area (Å²) in [6.07, 6.45) is 2.03. The highest BCUT2D eigenvalue weighted by Gasteiger charge is 2.30. The van der Waals surface area contributed by atoms with Crippen molar-refractivity contribution in [2.24, 2.45) is 11.3 Å². The Morgan fingerprint density at radius 2 is 1.74 bits per heavy atom. The maximum atomic E-state index is 13.7. The van der Waals surface area contributed by atoms with E-state index in [4.69, 9.17) is 9.72 Å². The first-order valence-corrected chi connectivity index (χ1v) is 12.5. The summed E-state index contributed by atoms with van der Waals surface area (Å²) >= 11 is 0. The van der Waals surface area contributed by atoms with Crippen LogP contribution in [0.1, 0.15) is 65.7 Å². The lowest BCUT2D eigenvalue weighted by molar-refractivity contribution is -0.136. The molecule has 0 bridgehead atoms. The molecule has 6 nitrogen and oxygen atoms in total. The monoisotopic (exact) mass is 477 g/mol. The molecule has 0 N–H and O–H groups in total. The molecule has 188 valence electrons. The molecular weight excluding hydrogens is 438 g/mol. The molecule has 0 fully saturated rings. The van der Waals surface area contributed by atoms with Crippen molar-refractivity contribution in [1.29, 1.82) is 0 Å². The normalized spacial score (nSPS) is 13.5. The van der Waals surface area contributed by atoms with Gasteiger partial charge >= 0.3 is 0 Å². The van der Waals surface area contributed by atoms with Crippen molar-refractivity contribution >= 4 is 16.8 Å². The largest absolute Gasteiger partial charge is 0.383 e. The third-order valence-electron chi connectivity index (χ3n) is 6.22. The van der Waals surface area contributed by atoms with E-state index in [0.29, 0.717) is 42.7 Å². The molecule has 6 heteroatoms. The lowest BCUT2D eigenvalue weighted by atomic mass is 9.84. The van der Waals surface area contributed by atoms with Gasteiger partial charge < -0.3 is 9.64 Å². The summed E-state index contributed by atoms with van der Waals surface area (Å²) in [5.41, 5.74) is 1.40. The van der Waals surface area contributed by atoms with Gasteiger partial charge in [0.25, 0.3) is 5.56 Å². The summed E-state index contributed by atoms with van der Waals surface area (Å²) in [5, 5.41) is 0.559. The third kappa shape index (κ3) is 6.57. The second-order valence-electron chi connectivity index (χ2n) is 10.5. The molecule has 0 saturated carbocycles. The predicted molar refractivity (Wildman–Crippen MR) is 142 cm³/mol. The Morgan fingerprint density at radius 1 is 1.09 bits per heavy atom. The Labute approximate surface area is 208 Å². The summed E-state index contributed by atoms with van der Waals surface area (Å²) in [5.74, 6) is 0.883. The number of hydrogen-bond acceptors (Lipinski definition) is 4. The van der Waals surface area contributed by atoms with Gasteiger partial charge in [0.05, 0.1) is 29.2 Å². The molecule has 0 spiro atoms. The van der Waals surface area contributed by atoms with Crippen LogP contribution in [0.15, 0.2) is 59.4 Å². The fourth-order valence-electron chi connectivity index (χ4n) is 4.92. The van der Waals surface area contributed by atoms with Crippen molar-refractivity contribution in [2.45, 2.75) is 59.9 Å². The first-order chi connectivity index (χ1) is 16.7. The fraction of sp³-hybridized carbons (Fsp3) is 0.483. The van der Waals surface area contributed by atoms with Gasteiger partial charge in [0, 0.05) is 20.1 Å². The van der Waals surface area contributed by atoms with Gasteiger partial charge in [0.1, 0.15) is 5.82 Å². The summed E-state index contributed by atoms with van der Waals surface area (Å²) in [6, 6.07) is 16.6. The number of methoxy groups -OCH3 is 1. The highest BCUT2D eigenvalue weighted by molar-refractivity contribution is 5.79. The first kappa shape index (κ1) is 26.6. The van der Waals surface area contributed by atoms with E-state index in [-0.39, 0.29) is 28.8 Å². The van der Waals surface area contributed by atoms with E-state index < -0.39 is 0 Å². The van der Waals surface area contributed by atoms with Crippen molar-refractivity contribution in [3.8, 4) is 5.69 Å². The van der Waals surface area contributed by atoms with Gasteiger partial charge in [-0.15, -0.1) is 0 Å². The summed E-state index contributed by atoms with van der Waals surface area (Å²) in [6.45, 7) is 11.6. The molecule has 3 rings (SSSR count). The fourth-order valence-corrected chi connectivity index (χ4v) is 4.92. The molecule has 1 aromatic heterocycles. The van der Waals surface area contributed by atoms with Gasteiger partial charge in [0.15, 0.2) is 0 Å². The van der Waals surface area contributed by atoms with Crippen LogP contribution in [0.3, 0.4) is 0 Å². The zero-order chi connectivity index (χ0) is 25.6. The minimum atomic E-state index is -0.364. The molecule has 35 heavy (non-hydrogen) atoms. The number of ether oxygens (including phenoxy) is 1. The minimum absolute atomic E-state index is 0.0627. The Morgan fingerprint density at radius 3 is 2.37 bits per heavy atom. The number of aromatic nitrogens is 2. The lowest BCUT2D eigenvalue weighted by Crippen LogP contribution is -2.41. The van der Waals surface area contributed by atoms with Gasteiger partial charge in [0.2, 0.25) is 5.91 Å². The van der Waals surface area contributed by atoms with E-state index in [2.05, 4.69) is 27.7 Å². The molecule has 1 heterocycles. The number of para-hydroxylation sites is 2. The van der Waals surface area contributed by atoms with Crippen LogP contribution in [0.2, 0.25) is 0 Å². The van der Waals surface area contributed by atoms with Crippen LogP contribution in [-0.2, 0) is 9.53 Å². The van der Waals surface area contributed by atoms with Crippen LogP contribution in [0.4, 0.5) is 0 Å². The van der Waals surface area contributed by atoms with Gasteiger partial charge in [-0.3, -0.25) is 14.2 Å². The SMILES string of the molecule is CCC(c1nc2ccccc2c(=O)n1-c1ccccc1)N(CCOC)C(=O)CC(C)CC(C)(C)C. The van der Waals surface area contributed by atoms with Gasteiger partial charge in [-0.05, 0) is 48.4 Å². The zero-order valence-corrected chi connectivity index (χ0v) is 22.0. The molecule has 2 aromatic carbocycles. The highest BCUT2D eigenvalue weighted by Crippen LogP contribution is 2.30. The lowest BCUT2D eigenvalue weighted by Gasteiger charge is -2.33. The van der Waals surface area contributed by atoms with Gasteiger partial charge in [-0.25, -0.2) is 4.98 Å². The standard InChI is InChI=1S/C29H39N3O3/c1-7-25(31(17-18-35-6)26(33)19-21(2)20-29(3,4)5)27-30-24-16-12-11-15-23(24)28(34)32(27)22-13-9-8-10-14-22/h8-16,21,25H,7,17-20H2,1-6H3. The number of carbonyl (C=O) groups is 1. The molecule has 0 aliphatic rings. The molecule has 0 radical (unpaired) electrons. The van der Waals surface area contributed by atoms with Crippen molar-refractivity contribution in [3.63, 3.8) is 0 Å². The first-order valence-electron chi connectivity index (χ1n) is 12.5. The van der Waals surface area contributed by atoms with Crippen molar-refractivity contribution in [1.82, 2.24) is 14.5 Å². The van der Waals surface area contributed by atoms with Crippen molar-refractivity contribution < 1.29 is 9.53 Å². The molecule has 2 unspecified atom stereocenters. The van der Waals surface area contributed by atoms with Crippen molar-refractivity contribution in [3.05, 3.63) is 70.8 Å². The summed E-state index contributed by atoms with van der Waals surface area (Å²) in [7, 11) is 1.64. The van der Waals surface area contributed by atoms with Crippen molar-refractivity contribution in [2.75, 3.05) is 20.3 Å². The topological polar surface area (TPSA) is 64.4 Å². The smallest absolute Gasteiger partial charge is 0.266 e. The number of nitrogens with zero attached hydrogens (tertiary/aromatic N) is 3. The third-order valence-corrected chi connectivity index (χ3v) is 6.22. The minimum Gasteiger partial charge on any atom is -0.383 e.